The standard InChI is InChI=1S/C17H23N3O4S/c1-12(15-7-5-4-6-8-15)9-10-18-16(21)11-19-25(22,23)17-13(2)20-24-14(17)3/h4-8,12,19H,9-11H2,1-3H3,(H,18,21). The van der Waals surface area contributed by atoms with E-state index in [0.29, 0.717) is 12.5 Å². The molecule has 2 rings (SSSR count). The number of nitrogens with one attached hydrogen (secondary N) is 2. The quantitative estimate of drug-likeness (QED) is 0.744. The van der Waals surface area contributed by atoms with Crippen molar-refractivity contribution in [3.05, 3.63) is 47.3 Å². The van der Waals surface area contributed by atoms with Crippen molar-refractivity contribution in [2.75, 3.05) is 13.1 Å². The van der Waals surface area contributed by atoms with Crippen LogP contribution in [0.1, 0.15) is 36.3 Å². The fourth-order valence-corrected chi connectivity index (χ4v) is 3.84. The van der Waals surface area contributed by atoms with E-state index < -0.39 is 10.0 Å². The van der Waals surface area contributed by atoms with Gasteiger partial charge in [-0.15, -0.1) is 0 Å². The van der Waals surface area contributed by atoms with Crippen LogP contribution in [0.5, 0.6) is 0 Å². The summed E-state index contributed by atoms with van der Waals surface area (Å²) < 4.78 is 31.6. The van der Waals surface area contributed by atoms with Gasteiger partial charge in [-0.2, -0.15) is 0 Å². The normalized spacial score (nSPS) is 12.8. The van der Waals surface area contributed by atoms with E-state index in [0.717, 1.165) is 6.42 Å². The molecule has 136 valence electrons. The molecule has 0 saturated carbocycles. The van der Waals surface area contributed by atoms with Crippen LogP contribution in [0.2, 0.25) is 0 Å². The lowest BCUT2D eigenvalue weighted by Crippen LogP contribution is -2.37. The molecule has 0 bridgehead atoms. The van der Waals surface area contributed by atoms with Crippen molar-refractivity contribution in [1.82, 2.24) is 15.2 Å². The van der Waals surface area contributed by atoms with Gasteiger partial charge in [-0.3, -0.25) is 4.79 Å². The maximum absolute atomic E-state index is 12.2. The maximum Gasteiger partial charge on any atom is 0.246 e. The smallest absolute Gasteiger partial charge is 0.246 e. The van der Waals surface area contributed by atoms with Crippen molar-refractivity contribution in [2.24, 2.45) is 0 Å². The van der Waals surface area contributed by atoms with Gasteiger partial charge in [0.2, 0.25) is 15.9 Å². The fraction of sp³-hybridized carbons (Fsp3) is 0.412. The van der Waals surface area contributed by atoms with Gasteiger partial charge in [0.25, 0.3) is 0 Å². The monoisotopic (exact) mass is 365 g/mol. The molecular weight excluding hydrogens is 342 g/mol. The third kappa shape index (κ3) is 5.14. The zero-order valence-corrected chi connectivity index (χ0v) is 15.4. The number of carbonyl (C=O) groups is 1. The Morgan fingerprint density at radius 2 is 1.92 bits per heavy atom. The molecule has 0 radical (unpaired) electrons. The van der Waals surface area contributed by atoms with E-state index >= 15 is 0 Å². The van der Waals surface area contributed by atoms with Gasteiger partial charge in [0.05, 0.1) is 6.54 Å². The molecule has 1 unspecified atom stereocenters. The number of nitrogens with zero attached hydrogens (tertiary/aromatic N) is 1. The van der Waals surface area contributed by atoms with Gasteiger partial charge in [0, 0.05) is 6.54 Å². The van der Waals surface area contributed by atoms with Crippen LogP contribution < -0.4 is 10.0 Å². The number of benzene rings is 1. The highest BCUT2D eigenvalue weighted by Crippen LogP contribution is 2.18. The molecule has 1 amide bonds. The molecule has 0 spiro atoms. The molecule has 0 fully saturated rings. The lowest BCUT2D eigenvalue weighted by molar-refractivity contribution is -0.119. The molecule has 25 heavy (non-hydrogen) atoms. The van der Waals surface area contributed by atoms with Crippen molar-refractivity contribution >= 4 is 15.9 Å². The fourth-order valence-electron chi connectivity index (χ4n) is 2.53. The minimum absolute atomic E-state index is 0.0157. The summed E-state index contributed by atoms with van der Waals surface area (Å²) in [6.45, 7) is 5.28. The molecule has 0 aliphatic carbocycles. The van der Waals surface area contributed by atoms with Gasteiger partial charge in [-0.1, -0.05) is 42.4 Å². The number of rotatable bonds is 8. The number of hydrogen-bond donors (Lipinski definition) is 2. The molecule has 0 aliphatic rings. The highest BCUT2D eigenvalue weighted by molar-refractivity contribution is 7.89. The Balaban J connectivity index is 1.79. The predicted molar refractivity (Wildman–Crippen MR) is 93.6 cm³/mol. The topological polar surface area (TPSA) is 101 Å². The molecule has 1 atom stereocenters. The second-order valence-electron chi connectivity index (χ2n) is 5.93. The van der Waals surface area contributed by atoms with Crippen LogP contribution in [-0.4, -0.2) is 32.6 Å². The van der Waals surface area contributed by atoms with E-state index in [-0.39, 0.29) is 28.8 Å². The molecule has 1 heterocycles. The Bertz CT molecular complexity index is 796. The largest absolute Gasteiger partial charge is 0.360 e. The summed E-state index contributed by atoms with van der Waals surface area (Å²) in [6, 6.07) is 10.0. The van der Waals surface area contributed by atoms with Crippen LogP contribution >= 0.6 is 0 Å². The second kappa shape index (κ2) is 8.26. The van der Waals surface area contributed by atoms with Crippen molar-refractivity contribution in [3.63, 3.8) is 0 Å². The summed E-state index contributed by atoms with van der Waals surface area (Å²) in [5, 5.41) is 6.34. The van der Waals surface area contributed by atoms with Crippen molar-refractivity contribution < 1.29 is 17.7 Å². The number of sulfonamides is 1. The van der Waals surface area contributed by atoms with E-state index in [2.05, 4.69) is 22.1 Å². The predicted octanol–water partition coefficient (Wildman–Crippen LogP) is 1.88. The molecule has 7 nitrogen and oxygen atoms in total. The van der Waals surface area contributed by atoms with Gasteiger partial charge in [-0.05, 0) is 31.7 Å². The van der Waals surface area contributed by atoms with Crippen molar-refractivity contribution in [1.29, 1.82) is 0 Å². The lowest BCUT2D eigenvalue weighted by atomic mass is 9.98. The summed E-state index contributed by atoms with van der Waals surface area (Å²) in [6.07, 6.45) is 0.770. The van der Waals surface area contributed by atoms with Crippen LogP contribution in [0, 0.1) is 13.8 Å². The van der Waals surface area contributed by atoms with Gasteiger partial charge >= 0.3 is 0 Å². The number of carbonyl (C=O) groups excluding carboxylic acids is 1. The number of hydrogen-bond acceptors (Lipinski definition) is 5. The van der Waals surface area contributed by atoms with Crippen LogP contribution in [0.4, 0.5) is 0 Å². The Morgan fingerprint density at radius 3 is 2.52 bits per heavy atom. The average molecular weight is 365 g/mol. The summed E-state index contributed by atoms with van der Waals surface area (Å²) in [7, 11) is -3.82. The Hall–Kier alpha value is -2.19. The van der Waals surface area contributed by atoms with Crippen LogP contribution in [0.3, 0.4) is 0 Å². The van der Waals surface area contributed by atoms with Gasteiger partial charge in [0.15, 0.2) is 5.76 Å². The van der Waals surface area contributed by atoms with Crippen LogP contribution in [0.15, 0.2) is 39.8 Å². The molecule has 2 N–H and O–H groups in total. The third-order valence-electron chi connectivity index (χ3n) is 3.93. The molecule has 0 saturated heterocycles. The van der Waals surface area contributed by atoms with Crippen LogP contribution in [0.25, 0.3) is 0 Å². The van der Waals surface area contributed by atoms with Gasteiger partial charge in [0.1, 0.15) is 10.6 Å². The Labute approximate surface area is 147 Å². The first-order chi connectivity index (χ1) is 11.8. The first-order valence-corrected chi connectivity index (χ1v) is 9.53. The Kier molecular flexibility index (Phi) is 6.33. The van der Waals surface area contributed by atoms with E-state index in [4.69, 9.17) is 4.52 Å². The van der Waals surface area contributed by atoms with E-state index in [1.165, 1.54) is 19.4 Å². The highest BCUT2D eigenvalue weighted by atomic mass is 32.2. The van der Waals surface area contributed by atoms with E-state index in [1.54, 1.807) is 0 Å². The van der Waals surface area contributed by atoms with Crippen molar-refractivity contribution in [2.45, 2.75) is 38.0 Å². The van der Waals surface area contributed by atoms with Crippen molar-refractivity contribution in [3.8, 4) is 0 Å². The summed E-state index contributed by atoms with van der Waals surface area (Å²) in [5.74, 6) is 0.123. The van der Waals surface area contributed by atoms with Gasteiger partial charge < -0.3 is 9.84 Å². The maximum atomic E-state index is 12.2. The molecule has 1 aromatic heterocycles. The molecular formula is C17H23N3O4S. The van der Waals surface area contributed by atoms with Crippen LogP contribution in [-0.2, 0) is 14.8 Å². The highest BCUT2D eigenvalue weighted by Gasteiger charge is 2.24. The summed E-state index contributed by atoms with van der Waals surface area (Å²) >= 11 is 0. The number of aromatic nitrogens is 1. The average Bonchev–Trinajstić information content (AvgIpc) is 2.93. The molecule has 1 aromatic carbocycles. The zero-order valence-electron chi connectivity index (χ0n) is 14.6. The first-order valence-electron chi connectivity index (χ1n) is 8.05. The minimum atomic E-state index is -3.82. The SMILES string of the molecule is Cc1noc(C)c1S(=O)(=O)NCC(=O)NCCC(C)c1ccccc1. The number of amides is 1. The summed E-state index contributed by atoms with van der Waals surface area (Å²) in [5.41, 5.74) is 1.47. The van der Waals surface area contributed by atoms with Gasteiger partial charge in [-0.25, -0.2) is 13.1 Å². The minimum Gasteiger partial charge on any atom is -0.360 e. The van der Waals surface area contributed by atoms with E-state index in [1.807, 2.05) is 30.3 Å². The molecule has 2 aromatic rings. The first kappa shape index (κ1) is 19.1. The van der Waals surface area contributed by atoms with E-state index in [9.17, 15) is 13.2 Å². The number of aryl methyl sites for hydroxylation is 2. The third-order valence-corrected chi connectivity index (χ3v) is 5.57. The lowest BCUT2D eigenvalue weighted by Gasteiger charge is -2.12. The second-order valence-corrected chi connectivity index (χ2v) is 7.63. The summed E-state index contributed by atoms with van der Waals surface area (Å²) in [4.78, 5) is 11.9. The Morgan fingerprint density at radius 1 is 1.24 bits per heavy atom. The molecule has 0 aliphatic heterocycles. The zero-order chi connectivity index (χ0) is 18.4. The molecule has 8 heteroatoms.